The van der Waals surface area contributed by atoms with Crippen molar-refractivity contribution in [3.05, 3.63) is 30.3 Å². The summed E-state index contributed by atoms with van der Waals surface area (Å²) in [7, 11) is -1.16. The van der Waals surface area contributed by atoms with Crippen LogP contribution in [-0.2, 0) is 15.6 Å². The van der Waals surface area contributed by atoms with Crippen LogP contribution in [0.1, 0.15) is 13.3 Å². The molecule has 0 bridgehead atoms. The van der Waals surface area contributed by atoms with Gasteiger partial charge in [0.1, 0.15) is 5.25 Å². The second-order valence-corrected chi connectivity index (χ2v) is 5.60. The van der Waals surface area contributed by atoms with Gasteiger partial charge < -0.3 is 11.1 Å². The molecule has 0 saturated heterocycles. The van der Waals surface area contributed by atoms with Gasteiger partial charge in [0.25, 0.3) is 0 Å². The van der Waals surface area contributed by atoms with E-state index in [0.29, 0.717) is 18.7 Å². The molecular formula is C12H18N2O2S. The van der Waals surface area contributed by atoms with E-state index in [-0.39, 0.29) is 5.91 Å². The van der Waals surface area contributed by atoms with Crippen molar-refractivity contribution in [3.63, 3.8) is 0 Å². The van der Waals surface area contributed by atoms with Crippen LogP contribution in [0.15, 0.2) is 30.3 Å². The summed E-state index contributed by atoms with van der Waals surface area (Å²) < 4.78 is 11.7. The van der Waals surface area contributed by atoms with Gasteiger partial charge in [-0.3, -0.25) is 9.00 Å². The zero-order valence-electron chi connectivity index (χ0n) is 9.89. The van der Waals surface area contributed by atoms with Gasteiger partial charge in [-0.25, -0.2) is 0 Å². The second-order valence-electron chi connectivity index (χ2n) is 3.72. The monoisotopic (exact) mass is 254 g/mol. The first-order chi connectivity index (χ1) is 8.15. The van der Waals surface area contributed by atoms with Crippen LogP contribution in [0.3, 0.4) is 0 Å². The van der Waals surface area contributed by atoms with Crippen LogP contribution < -0.4 is 11.1 Å². The average molecular weight is 254 g/mol. The minimum atomic E-state index is -1.16. The fraction of sp³-hybridized carbons (Fsp3) is 0.417. The zero-order chi connectivity index (χ0) is 12.7. The average Bonchev–Trinajstić information content (AvgIpc) is 2.36. The van der Waals surface area contributed by atoms with Gasteiger partial charge in [0.2, 0.25) is 5.91 Å². The van der Waals surface area contributed by atoms with E-state index in [9.17, 15) is 9.00 Å². The highest BCUT2D eigenvalue weighted by Crippen LogP contribution is 2.07. The predicted octanol–water partition coefficient (Wildman–Crippen LogP) is 1.11. The topological polar surface area (TPSA) is 72.2 Å². The van der Waals surface area contributed by atoms with E-state index in [2.05, 4.69) is 5.32 Å². The molecule has 0 aromatic heterocycles. The Kier molecular flexibility index (Phi) is 5.86. The summed E-state index contributed by atoms with van der Waals surface area (Å²) in [6, 6.07) is 9.15. The van der Waals surface area contributed by atoms with E-state index < -0.39 is 16.0 Å². The molecule has 1 aromatic carbocycles. The van der Waals surface area contributed by atoms with Crippen molar-refractivity contribution < 1.29 is 9.00 Å². The van der Waals surface area contributed by atoms with Crippen molar-refractivity contribution in [2.24, 2.45) is 5.73 Å². The Morgan fingerprint density at radius 1 is 1.41 bits per heavy atom. The molecule has 5 heteroatoms. The lowest BCUT2D eigenvalue weighted by atomic mass is 10.3. The van der Waals surface area contributed by atoms with Crippen LogP contribution in [0, 0.1) is 0 Å². The molecule has 4 nitrogen and oxygen atoms in total. The van der Waals surface area contributed by atoms with Gasteiger partial charge in [-0.2, -0.15) is 0 Å². The minimum Gasteiger partial charge on any atom is -0.330 e. The van der Waals surface area contributed by atoms with Crippen molar-refractivity contribution in [2.75, 3.05) is 17.6 Å². The molecule has 0 spiro atoms. The SMILES string of the molecule is CC(C(=O)Nc1ccccc1)S(=O)CCCN. The van der Waals surface area contributed by atoms with Crippen LogP contribution in [0.5, 0.6) is 0 Å². The maximum absolute atomic E-state index is 11.8. The van der Waals surface area contributed by atoms with E-state index >= 15 is 0 Å². The molecule has 17 heavy (non-hydrogen) atoms. The van der Waals surface area contributed by atoms with Gasteiger partial charge in [0, 0.05) is 22.2 Å². The molecule has 2 unspecified atom stereocenters. The third-order valence-electron chi connectivity index (χ3n) is 2.35. The number of nitrogens with one attached hydrogen (secondary N) is 1. The van der Waals surface area contributed by atoms with Crippen LogP contribution in [0.4, 0.5) is 5.69 Å². The first-order valence-electron chi connectivity index (χ1n) is 5.58. The highest BCUT2D eigenvalue weighted by molar-refractivity contribution is 7.86. The number of nitrogens with two attached hydrogens (primary N) is 1. The quantitative estimate of drug-likeness (QED) is 0.799. The number of hydrogen-bond acceptors (Lipinski definition) is 3. The van der Waals surface area contributed by atoms with Crippen LogP contribution in [0.25, 0.3) is 0 Å². The van der Waals surface area contributed by atoms with Gasteiger partial charge in [-0.15, -0.1) is 0 Å². The van der Waals surface area contributed by atoms with Crippen molar-refractivity contribution in [2.45, 2.75) is 18.6 Å². The summed E-state index contributed by atoms with van der Waals surface area (Å²) in [5.74, 6) is 0.256. The molecule has 2 atom stereocenters. The molecule has 1 rings (SSSR count). The smallest absolute Gasteiger partial charge is 0.239 e. The lowest BCUT2D eigenvalue weighted by molar-refractivity contribution is -0.115. The maximum atomic E-state index is 11.8. The van der Waals surface area contributed by atoms with E-state index in [1.807, 2.05) is 18.2 Å². The lowest BCUT2D eigenvalue weighted by Crippen LogP contribution is -2.30. The highest BCUT2D eigenvalue weighted by atomic mass is 32.2. The summed E-state index contributed by atoms with van der Waals surface area (Å²) in [6.07, 6.45) is 0.676. The Hall–Kier alpha value is -1.20. The molecule has 3 N–H and O–H groups in total. The Labute approximate surface area is 104 Å². The Morgan fingerprint density at radius 2 is 2.06 bits per heavy atom. The number of para-hydroxylation sites is 1. The molecule has 0 aliphatic heterocycles. The second kappa shape index (κ2) is 7.19. The van der Waals surface area contributed by atoms with Gasteiger partial charge in [-0.05, 0) is 32.0 Å². The number of anilines is 1. The van der Waals surface area contributed by atoms with E-state index in [4.69, 9.17) is 5.73 Å². The Bertz CT molecular complexity index is 381. The predicted molar refractivity (Wildman–Crippen MR) is 71.2 cm³/mol. The standard InChI is InChI=1S/C12H18N2O2S/c1-10(17(16)9-5-8-13)12(15)14-11-6-3-2-4-7-11/h2-4,6-7,10H,5,8-9,13H2,1H3,(H,14,15). The summed E-state index contributed by atoms with van der Waals surface area (Å²) in [5, 5.41) is 2.22. The molecule has 0 aliphatic carbocycles. The molecular weight excluding hydrogens is 236 g/mol. The van der Waals surface area contributed by atoms with Gasteiger partial charge >= 0.3 is 0 Å². The van der Waals surface area contributed by atoms with Crippen LogP contribution >= 0.6 is 0 Å². The molecule has 94 valence electrons. The number of carbonyl (C=O) groups excluding carboxylic acids is 1. The van der Waals surface area contributed by atoms with Crippen molar-refractivity contribution in [3.8, 4) is 0 Å². The first kappa shape index (κ1) is 13.9. The third kappa shape index (κ3) is 4.66. The number of amides is 1. The first-order valence-corrected chi connectivity index (χ1v) is 6.96. The Morgan fingerprint density at radius 3 is 2.65 bits per heavy atom. The van der Waals surface area contributed by atoms with E-state index in [1.165, 1.54) is 0 Å². The van der Waals surface area contributed by atoms with Crippen molar-refractivity contribution >= 4 is 22.4 Å². The fourth-order valence-corrected chi connectivity index (χ4v) is 2.39. The number of benzene rings is 1. The molecule has 1 aromatic rings. The Balaban J connectivity index is 2.50. The minimum absolute atomic E-state index is 0.216. The van der Waals surface area contributed by atoms with Crippen molar-refractivity contribution in [1.82, 2.24) is 0 Å². The lowest BCUT2D eigenvalue weighted by Gasteiger charge is -2.11. The van der Waals surface area contributed by atoms with E-state index in [1.54, 1.807) is 19.1 Å². The highest BCUT2D eigenvalue weighted by Gasteiger charge is 2.19. The van der Waals surface area contributed by atoms with Gasteiger partial charge in [0.05, 0.1) is 0 Å². The molecule has 0 heterocycles. The van der Waals surface area contributed by atoms with Crippen LogP contribution in [0.2, 0.25) is 0 Å². The molecule has 0 fully saturated rings. The fourth-order valence-electron chi connectivity index (χ4n) is 1.29. The summed E-state index contributed by atoms with van der Waals surface area (Å²) in [6.45, 7) is 2.17. The molecule has 0 saturated carbocycles. The zero-order valence-corrected chi connectivity index (χ0v) is 10.7. The maximum Gasteiger partial charge on any atom is 0.239 e. The normalized spacial score (nSPS) is 14.0. The summed E-state index contributed by atoms with van der Waals surface area (Å²) >= 11 is 0. The number of rotatable bonds is 6. The number of carbonyl (C=O) groups is 1. The van der Waals surface area contributed by atoms with E-state index in [0.717, 1.165) is 5.69 Å². The molecule has 1 amide bonds. The summed E-state index contributed by atoms with van der Waals surface area (Å²) in [4.78, 5) is 11.8. The van der Waals surface area contributed by atoms with Gasteiger partial charge in [-0.1, -0.05) is 18.2 Å². The number of hydrogen-bond donors (Lipinski definition) is 2. The van der Waals surface area contributed by atoms with Crippen molar-refractivity contribution in [1.29, 1.82) is 0 Å². The van der Waals surface area contributed by atoms with Crippen LogP contribution in [-0.4, -0.2) is 27.7 Å². The largest absolute Gasteiger partial charge is 0.330 e. The van der Waals surface area contributed by atoms with Gasteiger partial charge in [0.15, 0.2) is 0 Å². The molecule has 0 radical (unpaired) electrons. The molecule has 0 aliphatic rings. The third-order valence-corrected chi connectivity index (χ3v) is 4.05. The summed E-state index contributed by atoms with van der Waals surface area (Å²) in [5.41, 5.74) is 6.06.